The third-order valence-corrected chi connectivity index (χ3v) is 3.40. The second-order valence-corrected chi connectivity index (χ2v) is 4.92. The number of carbonyl (C=O) groups excluding carboxylic acids is 1. The smallest absolute Gasteiger partial charge is 0.326 e. The number of hydrogen-bond donors (Lipinski definition) is 2. The van der Waals surface area contributed by atoms with E-state index in [4.69, 9.17) is 5.11 Å². The lowest BCUT2D eigenvalue weighted by Gasteiger charge is -2.12. The highest BCUT2D eigenvalue weighted by molar-refractivity contribution is 7.07. The van der Waals surface area contributed by atoms with E-state index in [1.807, 2.05) is 5.38 Å². The van der Waals surface area contributed by atoms with Crippen molar-refractivity contribution in [1.29, 1.82) is 0 Å². The Balaban J connectivity index is 1.77. The molecule has 0 bridgehead atoms. The fourth-order valence-electron chi connectivity index (χ4n) is 1.66. The summed E-state index contributed by atoms with van der Waals surface area (Å²) in [5, 5.41) is 13.4. The first-order valence-corrected chi connectivity index (χ1v) is 6.50. The molecule has 1 unspecified atom stereocenters. The van der Waals surface area contributed by atoms with Crippen molar-refractivity contribution in [1.82, 2.24) is 10.3 Å². The molecule has 1 saturated carbocycles. The van der Waals surface area contributed by atoms with Crippen LogP contribution in [0.2, 0.25) is 0 Å². The number of carbonyl (C=O) groups is 2. The molecular weight excluding hydrogens is 240 g/mol. The number of nitrogens with one attached hydrogen (secondary N) is 1. The maximum absolute atomic E-state index is 11.6. The summed E-state index contributed by atoms with van der Waals surface area (Å²) in [5.74, 6) is -1.03. The lowest BCUT2D eigenvalue weighted by atomic mass is 10.1. The molecular formula is C11H14N2O3S. The van der Waals surface area contributed by atoms with Crippen LogP contribution in [0.4, 0.5) is 0 Å². The molecule has 0 aromatic carbocycles. The van der Waals surface area contributed by atoms with E-state index >= 15 is 0 Å². The average molecular weight is 254 g/mol. The van der Waals surface area contributed by atoms with Crippen LogP contribution in [0, 0.1) is 5.92 Å². The van der Waals surface area contributed by atoms with Gasteiger partial charge in [-0.25, -0.2) is 9.78 Å². The second kappa shape index (κ2) is 5.27. The topological polar surface area (TPSA) is 79.3 Å². The molecule has 1 aliphatic rings. The van der Waals surface area contributed by atoms with E-state index in [1.165, 1.54) is 11.3 Å². The fourth-order valence-corrected chi connectivity index (χ4v) is 2.25. The Kier molecular flexibility index (Phi) is 3.73. The van der Waals surface area contributed by atoms with Crippen molar-refractivity contribution in [3.63, 3.8) is 0 Å². The maximum Gasteiger partial charge on any atom is 0.326 e. The Hall–Kier alpha value is -1.43. The molecule has 1 fully saturated rings. The summed E-state index contributed by atoms with van der Waals surface area (Å²) in [6.45, 7) is 0. The summed E-state index contributed by atoms with van der Waals surface area (Å²) < 4.78 is 0. The Morgan fingerprint density at radius 1 is 1.59 bits per heavy atom. The van der Waals surface area contributed by atoms with Gasteiger partial charge in [0.05, 0.1) is 11.2 Å². The zero-order valence-corrected chi connectivity index (χ0v) is 10.1. The van der Waals surface area contributed by atoms with Gasteiger partial charge in [-0.15, -0.1) is 11.3 Å². The fraction of sp³-hybridized carbons (Fsp3) is 0.545. The zero-order valence-electron chi connectivity index (χ0n) is 9.26. The van der Waals surface area contributed by atoms with E-state index < -0.39 is 12.0 Å². The number of hydrogen-bond acceptors (Lipinski definition) is 4. The minimum atomic E-state index is -0.936. The van der Waals surface area contributed by atoms with Gasteiger partial charge < -0.3 is 10.4 Å². The highest BCUT2D eigenvalue weighted by Crippen LogP contribution is 2.32. The average Bonchev–Trinajstić information content (AvgIpc) is 2.99. The molecule has 1 heterocycles. The van der Waals surface area contributed by atoms with Crippen molar-refractivity contribution in [3.05, 3.63) is 16.6 Å². The largest absolute Gasteiger partial charge is 0.480 e. The number of nitrogens with zero attached hydrogens (tertiary/aromatic N) is 1. The Bertz CT molecular complexity index is 401. The van der Waals surface area contributed by atoms with Gasteiger partial charge >= 0.3 is 5.97 Å². The molecule has 1 aliphatic carbocycles. The SMILES string of the molecule is O=C(CCc1cscn1)NC(C(=O)O)C1CC1. The standard InChI is InChI=1S/C11H14N2O3S/c14-9(4-3-8-5-17-6-12-8)13-10(11(15)16)7-1-2-7/h5-7,10H,1-4H2,(H,13,14)(H,15,16). The second-order valence-electron chi connectivity index (χ2n) is 4.20. The number of aryl methyl sites for hydroxylation is 1. The minimum Gasteiger partial charge on any atom is -0.480 e. The maximum atomic E-state index is 11.6. The summed E-state index contributed by atoms with van der Waals surface area (Å²) in [7, 11) is 0. The van der Waals surface area contributed by atoms with Gasteiger partial charge in [0.25, 0.3) is 0 Å². The molecule has 92 valence electrons. The first kappa shape index (κ1) is 12.0. The molecule has 0 radical (unpaired) electrons. The molecule has 1 aromatic heterocycles. The number of aromatic nitrogens is 1. The number of carboxylic acid groups (broad SMARTS) is 1. The lowest BCUT2D eigenvalue weighted by Crippen LogP contribution is -2.42. The van der Waals surface area contributed by atoms with Crippen molar-refractivity contribution >= 4 is 23.2 Å². The first-order chi connectivity index (χ1) is 8.16. The molecule has 2 N–H and O–H groups in total. The number of thiazole rings is 1. The molecule has 1 amide bonds. The number of rotatable bonds is 6. The van der Waals surface area contributed by atoms with Crippen molar-refractivity contribution in [2.75, 3.05) is 0 Å². The quantitative estimate of drug-likeness (QED) is 0.795. The molecule has 0 aliphatic heterocycles. The lowest BCUT2D eigenvalue weighted by molar-refractivity contribution is -0.142. The molecule has 17 heavy (non-hydrogen) atoms. The van der Waals surface area contributed by atoms with Gasteiger partial charge in [-0.3, -0.25) is 4.79 Å². The van der Waals surface area contributed by atoms with E-state index in [0.29, 0.717) is 12.8 Å². The molecule has 6 heteroatoms. The number of aliphatic carboxylic acids is 1. The normalized spacial score (nSPS) is 16.5. The van der Waals surface area contributed by atoms with Crippen LogP contribution < -0.4 is 5.32 Å². The van der Waals surface area contributed by atoms with E-state index in [9.17, 15) is 9.59 Å². The van der Waals surface area contributed by atoms with Gasteiger partial charge in [-0.05, 0) is 25.2 Å². The van der Waals surface area contributed by atoms with Crippen LogP contribution in [0.25, 0.3) is 0 Å². The monoisotopic (exact) mass is 254 g/mol. The molecule has 1 atom stereocenters. The predicted molar refractivity (Wildman–Crippen MR) is 62.7 cm³/mol. The molecule has 0 saturated heterocycles. The summed E-state index contributed by atoms with van der Waals surface area (Å²) in [6, 6.07) is -0.710. The van der Waals surface area contributed by atoms with Gasteiger partial charge in [-0.2, -0.15) is 0 Å². The van der Waals surface area contributed by atoms with Crippen molar-refractivity contribution in [3.8, 4) is 0 Å². The van der Waals surface area contributed by atoms with Gasteiger partial charge in [0.15, 0.2) is 0 Å². The number of carboxylic acids is 1. The Morgan fingerprint density at radius 2 is 2.35 bits per heavy atom. The van der Waals surface area contributed by atoms with E-state index in [2.05, 4.69) is 10.3 Å². The third-order valence-electron chi connectivity index (χ3n) is 2.77. The summed E-state index contributed by atoms with van der Waals surface area (Å²) in [6.07, 6.45) is 2.64. The van der Waals surface area contributed by atoms with Gasteiger partial charge in [-0.1, -0.05) is 0 Å². The van der Waals surface area contributed by atoms with Crippen LogP contribution in [0.1, 0.15) is 25.0 Å². The van der Waals surface area contributed by atoms with E-state index in [1.54, 1.807) is 5.51 Å². The molecule has 0 spiro atoms. The summed E-state index contributed by atoms with van der Waals surface area (Å²) in [5.41, 5.74) is 2.60. The molecule has 2 rings (SSSR count). The highest BCUT2D eigenvalue weighted by Gasteiger charge is 2.37. The minimum absolute atomic E-state index is 0.121. The van der Waals surface area contributed by atoms with E-state index in [0.717, 1.165) is 18.5 Å². The van der Waals surface area contributed by atoms with E-state index in [-0.39, 0.29) is 11.8 Å². The Labute approximate surface area is 103 Å². The number of amides is 1. The van der Waals surface area contributed by atoms with Crippen molar-refractivity contribution in [2.24, 2.45) is 5.92 Å². The first-order valence-electron chi connectivity index (χ1n) is 5.56. The summed E-state index contributed by atoms with van der Waals surface area (Å²) in [4.78, 5) is 26.6. The van der Waals surface area contributed by atoms with Gasteiger partial charge in [0.1, 0.15) is 6.04 Å². The third kappa shape index (κ3) is 3.52. The van der Waals surface area contributed by atoms with Crippen LogP contribution in [-0.4, -0.2) is 28.0 Å². The van der Waals surface area contributed by atoms with Crippen molar-refractivity contribution < 1.29 is 14.7 Å². The van der Waals surface area contributed by atoms with Crippen LogP contribution in [0.3, 0.4) is 0 Å². The molecule has 1 aromatic rings. The summed E-state index contributed by atoms with van der Waals surface area (Å²) >= 11 is 1.49. The highest BCUT2D eigenvalue weighted by atomic mass is 32.1. The van der Waals surface area contributed by atoms with Crippen LogP contribution in [0.15, 0.2) is 10.9 Å². The molecule has 5 nitrogen and oxygen atoms in total. The van der Waals surface area contributed by atoms with Crippen LogP contribution in [0.5, 0.6) is 0 Å². The van der Waals surface area contributed by atoms with Crippen LogP contribution >= 0.6 is 11.3 Å². The zero-order chi connectivity index (χ0) is 12.3. The van der Waals surface area contributed by atoms with Gasteiger partial charge in [0.2, 0.25) is 5.91 Å². The van der Waals surface area contributed by atoms with Gasteiger partial charge in [0, 0.05) is 11.8 Å². The van der Waals surface area contributed by atoms with Crippen LogP contribution in [-0.2, 0) is 16.0 Å². The Morgan fingerprint density at radius 3 is 2.88 bits per heavy atom. The predicted octanol–water partition coefficient (Wildman–Crippen LogP) is 1.06. The van der Waals surface area contributed by atoms with Crippen molar-refractivity contribution in [2.45, 2.75) is 31.7 Å².